The van der Waals surface area contributed by atoms with Crippen LogP contribution in [0, 0.1) is 6.92 Å². The second kappa shape index (κ2) is 6.35. The summed E-state index contributed by atoms with van der Waals surface area (Å²) in [5.41, 5.74) is 4.79. The molecule has 0 unspecified atom stereocenters. The van der Waals surface area contributed by atoms with Crippen LogP contribution in [0.2, 0.25) is 0 Å². The van der Waals surface area contributed by atoms with Gasteiger partial charge in [-0.05, 0) is 23.6 Å². The van der Waals surface area contributed by atoms with Crippen molar-refractivity contribution < 1.29 is 4.79 Å². The third-order valence-electron chi connectivity index (χ3n) is 3.78. The van der Waals surface area contributed by atoms with E-state index in [4.69, 9.17) is 0 Å². The Bertz CT molecular complexity index is 778. The lowest BCUT2D eigenvalue weighted by Gasteiger charge is -2.09. The number of rotatable bonds is 5. The molecule has 0 amide bonds. The van der Waals surface area contributed by atoms with Crippen LogP contribution in [0.3, 0.4) is 0 Å². The SMILES string of the molecule is Cc1ccccc1Cn1nnc(C=O)c1Cc1ccccc1. The van der Waals surface area contributed by atoms with Gasteiger partial charge >= 0.3 is 0 Å². The van der Waals surface area contributed by atoms with Crippen molar-refractivity contribution in [2.24, 2.45) is 0 Å². The van der Waals surface area contributed by atoms with Crippen LogP contribution in [0.1, 0.15) is 32.9 Å². The maximum atomic E-state index is 11.2. The highest BCUT2D eigenvalue weighted by atomic mass is 16.1. The predicted octanol–water partition coefficient (Wildman–Crippen LogP) is 3.04. The minimum Gasteiger partial charge on any atom is -0.296 e. The Morgan fingerprint density at radius 2 is 1.77 bits per heavy atom. The third-order valence-corrected chi connectivity index (χ3v) is 3.78. The fourth-order valence-corrected chi connectivity index (χ4v) is 2.48. The summed E-state index contributed by atoms with van der Waals surface area (Å²) in [6.45, 7) is 2.69. The van der Waals surface area contributed by atoms with Gasteiger partial charge in [-0.25, -0.2) is 4.68 Å². The number of aromatic nitrogens is 3. The van der Waals surface area contributed by atoms with E-state index in [1.165, 1.54) is 11.1 Å². The average Bonchev–Trinajstić information content (AvgIpc) is 2.92. The van der Waals surface area contributed by atoms with Crippen LogP contribution in [-0.2, 0) is 13.0 Å². The Morgan fingerprint density at radius 1 is 1.05 bits per heavy atom. The number of aldehydes is 1. The number of hydrogen-bond donors (Lipinski definition) is 0. The molecule has 3 aromatic rings. The van der Waals surface area contributed by atoms with Gasteiger partial charge in [-0.3, -0.25) is 4.79 Å². The molecule has 0 saturated heterocycles. The standard InChI is InChI=1S/C18H17N3O/c1-14-7-5-6-10-16(14)12-21-18(17(13-22)19-20-21)11-15-8-3-2-4-9-15/h2-10,13H,11-12H2,1H3. The van der Waals surface area contributed by atoms with Crippen molar-refractivity contribution in [3.05, 3.63) is 82.7 Å². The number of benzene rings is 2. The Kier molecular flexibility index (Phi) is 4.10. The molecule has 110 valence electrons. The van der Waals surface area contributed by atoms with Gasteiger partial charge in [-0.2, -0.15) is 0 Å². The first-order valence-electron chi connectivity index (χ1n) is 7.24. The van der Waals surface area contributed by atoms with Crippen LogP contribution in [0.4, 0.5) is 0 Å². The molecular weight excluding hydrogens is 274 g/mol. The third kappa shape index (κ3) is 2.96. The fraction of sp³-hybridized carbons (Fsp3) is 0.167. The molecule has 0 aliphatic carbocycles. The van der Waals surface area contributed by atoms with E-state index in [0.717, 1.165) is 17.5 Å². The summed E-state index contributed by atoms with van der Waals surface area (Å²) in [6, 6.07) is 18.2. The van der Waals surface area contributed by atoms with Gasteiger partial charge in [0.25, 0.3) is 0 Å². The molecule has 0 spiro atoms. The van der Waals surface area contributed by atoms with E-state index < -0.39 is 0 Å². The average molecular weight is 291 g/mol. The molecule has 4 nitrogen and oxygen atoms in total. The first kappa shape index (κ1) is 14.2. The maximum absolute atomic E-state index is 11.2. The molecule has 2 aromatic carbocycles. The summed E-state index contributed by atoms with van der Waals surface area (Å²) in [5, 5.41) is 8.16. The van der Waals surface area contributed by atoms with Crippen LogP contribution < -0.4 is 0 Å². The van der Waals surface area contributed by atoms with E-state index >= 15 is 0 Å². The Balaban J connectivity index is 1.93. The lowest BCUT2D eigenvalue weighted by atomic mass is 10.1. The van der Waals surface area contributed by atoms with Gasteiger partial charge < -0.3 is 0 Å². The highest BCUT2D eigenvalue weighted by molar-refractivity contribution is 5.73. The van der Waals surface area contributed by atoms with E-state index in [2.05, 4.69) is 29.4 Å². The highest BCUT2D eigenvalue weighted by Gasteiger charge is 2.13. The number of carbonyl (C=O) groups is 1. The molecule has 0 bridgehead atoms. The fourth-order valence-electron chi connectivity index (χ4n) is 2.48. The van der Waals surface area contributed by atoms with Gasteiger partial charge in [0.1, 0.15) is 5.69 Å². The first-order chi connectivity index (χ1) is 10.8. The predicted molar refractivity (Wildman–Crippen MR) is 84.9 cm³/mol. The minimum atomic E-state index is 0.414. The maximum Gasteiger partial charge on any atom is 0.172 e. The smallest absolute Gasteiger partial charge is 0.172 e. The Morgan fingerprint density at radius 3 is 2.50 bits per heavy atom. The molecule has 0 aliphatic heterocycles. The number of hydrogen-bond acceptors (Lipinski definition) is 3. The van der Waals surface area contributed by atoms with E-state index in [-0.39, 0.29) is 0 Å². The molecule has 22 heavy (non-hydrogen) atoms. The summed E-state index contributed by atoms with van der Waals surface area (Å²) >= 11 is 0. The zero-order valence-corrected chi connectivity index (χ0v) is 12.4. The normalized spacial score (nSPS) is 10.6. The van der Waals surface area contributed by atoms with Crippen LogP contribution in [0.5, 0.6) is 0 Å². The second-order valence-electron chi connectivity index (χ2n) is 5.29. The molecule has 1 heterocycles. The summed E-state index contributed by atoms with van der Waals surface area (Å²) in [7, 11) is 0. The molecule has 0 saturated carbocycles. The van der Waals surface area contributed by atoms with Crippen LogP contribution in [0.25, 0.3) is 0 Å². The number of aryl methyl sites for hydroxylation is 1. The largest absolute Gasteiger partial charge is 0.296 e. The summed E-state index contributed by atoms with van der Waals surface area (Å²) in [4.78, 5) is 11.2. The zero-order valence-electron chi connectivity index (χ0n) is 12.4. The van der Waals surface area contributed by atoms with Crippen molar-refractivity contribution in [2.45, 2.75) is 19.9 Å². The molecule has 3 rings (SSSR count). The Labute approximate surface area is 129 Å². The highest BCUT2D eigenvalue weighted by Crippen LogP contribution is 2.15. The van der Waals surface area contributed by atoms with Crippen LogP contribution in [-0.4, -0.2) is 21.3 Å². The molecular formula is C18H17N3O. The minimum absolute atomic E-state index is 0.414. The molecule has 0 radical (unpaired) electrons. The van der Waals surface area contributed by atoms with E-state index in [1.54, 1.807) is 0 Å². The van der Waals surface area contributed by atoms with Crippen molar-refractivity contribution in [2.75, 3.05) is 0 Å². The summed E-state index contributed by atoms with van der Waals surface area (Å²) in [5.74, 6) is 0. The van der Waals surface area contributed by atoms with Crippen molar-refractivity contribution in [3.8, 4) is 0 Å². The molecule has 1 aromatic heterocycles. The first-order valence-corrected chi connectivity index (χ1v) is 7.24. The molecule has 4 heteroatoms. The molecule has 0 atom stereocenters. The van der Waals surface area contributed by atoms with Crippen molar-refractivity contribution in [3.63, 3.8) is 0 Å². The van der Waals surface area contributed by atoms with Crippen molar-refractivity contribution >= 4 is 6.29 Å². The van der Waals surface area contributed by atoms with E-state index in [9.17, 15) is 4.79 Å². The van der Waals surface area contributed by atoms with Gasteiger partial charge in [0.05, 0.1) is 12.2 Å². The zero-order chi connectivity index (χ0) is 15.4. The monoisotopic (exact) mass is 291 g/mol. The molecule has 0 fully saturated rings. The lowest BCUT2D eigenvalue weighted by molar-refractivity contribution is 0.111. The summed E-state index contributed by atoms with van der Waals surface area (Å²) in [6.07, 6.45) is 1.42. The topological polar surface area (TPSA) is 47.8 Å². The second-order valence-corrected chi connectivity index (χ2v) is 5.29. The van der Waals surface area contributed by atoms with Crippen LogP contribution >= 0.6 is 0 Å². The number of nitrogens with zero attached hydrogens (tertiary/aromatic N) is 3. The quantitative estimate of drug-likeness (QED) is 0.679. The number of carbonyl (C=O) groups excluding carboxylic acids is 1. The van der Waals surface area contributed by atoms with Crippen molar-refractivity contribution in [1.29, 1.82) is 0 Å². The molecule has 0 aliphatic rings. The van der Waals surface area contributed by atoms with Gasteiger partial charge in [0, 0.05) is 6.42 Å². The lowest BCUT2D eigenvalue weighted by Crippen LogP contribution is -2.09. The van der Waals surface area contributed by atoms with Gasteiger partial charge in [-0.1, -0.05) is 59.8 Å². The van der Waals surface area contributed by atoms with Crippen molar-refractivity contribution in [1.82, 2.24) is 15.0 Å². The molecule has 0 N–H and O–H groups in total. The summed E-state index contributed by atoms with van der Waals surface area (Å²) < 4.78 is 1.82. The van der Waals surface area contributed by atoms with Gasteiger partial charge in [0.15, 0.2) is 6.29 Å². The van der Waals surface area contributed by atoms with E-state index in [0.29, 0.717) is 18.7 Å². The van der Waals surface area contributed by atoms with E-state index in [1.807, 2.05) is 47.1 Å². The van der Waals surface area contributed by atoms with Gasteiger partial charge in [-0.15, -0.1) is 5.10 Å². The van der Waals surface area contributed by atoms with Crippen LogP contribution in [0.15, 0.2) is 54.6 Å². The Hall–Kier alpha value is -2.75. The van der Waals surface area contributed by atoms with Gasteiger partial charge in [0.2, 0.25) is 0 Å².